The number of carboxylic acid groups (broad SMARTS) is 1. The summed E-state index contributed by atoms with van der Waals surface area (Å²) in [5.41, 5.74) is -0.533. The average molecular weight is 529 g/mol. The maximum atomic E-state index is 14.1. The summed E-state index contributed by atoms with van der Waals surface area (Å²) in [5, 5.41) is 13.2. The van der Waals surface area contributed by atoms with Crippen LogP contribution in [0.1, 0.15) is 27.0 Å². The maximum Gasteiger partial charge on any atom is 0.416 e. The van der Waals surface area contributed by atoms with Crippen molar-refractivity contribution in [3.05, 3.63) is 113 Å². The molecule has 1 amide bonds. The fourth-order valence-electron chi connectivity index (χ4n) is 3.87. The molecule has 10 heteroatoms. The van der Waals surface area contributed by atoms with Gasteiger partial charge in [0.1, 0.15) is 30.0 Å². The Morgan fingerprint density at radius 2 is 1.63 bits per heavy atom. The molecular weight excluding hydrogens is 509 g/mol. The Morgan fingerprint density at radius 1 is 0.921 bits per heavy atom. The third kappa shape index (κ3) is 6.08. The molecule has 0 bridgehead atoms. The van der Waals surface area contributed by atoms with E-state index in [4.69, 9.17) is 4.74 Å². The second-order valence-electron chi connectivity index (χ2n) is 8.45. The van der Waals surface area contributed by atoms with Crippen molar-refractivity contribution in [1.82, 2.24) is 5.32 Å². The SMILES string of the molecule is O=C(N[C@@H](Cc1ccc(F)cc1F)C(=O)O)c1ccc2ccccc2c1OCc1ccc(C(F)(F)F)cc1. The zero-order chi connectivity index (χ0) is 27.4. The summed E-state index contributed by atoms with van der Waals surface area (Å²) in [6.45, 7) is -0.171. The highest BCUT2D eigenvalue weighted by atomic mass is 19.4. The second-order valence-corrected chi connectivity index (χ2v) is 8.45. The van der Waals surface area contributed by atoms with Gasteiger partial charge in [-0.15, -0.1) is 0 Å². The van der Waals surface area contributed by atoms with Gasteiger partial charge in [-0.3, -0.25) is 4.79 Å². The summed E-state index contributed by atoms with van der Waals surface area (Å²) in [6, 6.07) is 15.5. The predicted molar refractivity (Wildman–Crippen MR) is 129 cm³/mol. The van der Waals surface area contributed by atoms with E-state index in [1.807, 2.05) is 0 Å². The molecule has 1 atom stereocenters. The zero-order valence-corrected chi connectivity index (χ0v) is 19.6. The molecule has 0 radical (unpaired) electrons. The van der Waals surface area contributed by atoms with Crippen molar-refractivity contribution in [1.29, 1.82) is 0 Å². The van der Waals surface area contributed by atoms with Crippen LogP contribution < -0.4 is 10.1 Å². The molecule has 0 saturated heterocycles. The highest BCUT2D eigenvalue weighted by molar-refractivity contribution is 6.04. The smallest absolute Gasteiger partial charge is 0.416 e. The first-order chi connectivity index (χ1) is 18.0. The van der Waals surface area contributed by atoms with Crippen LogP contribution in [0.2, 0.25) is 0 Å². The van der Waals surface area contributed by atoms with Gasteiger partial charge in [0.2, 0.25) is 0 Å². The lowest BCUT2D eigenvalue weighted by molar-refractivity contribution is -0.139. The fourth-order valence-corrected chi connectivity index (χ4v) is 3.87. The van der Waals surface area contributed by atoms with E-state index in [2.05, 4.69) is 5.32 Å². The number of benzene rings is 4. The van der Waals surface area contributed by atoms with Gasteiger partial charge < -0.3 is 15.2 Å². The van der Waals surface area contributed by atoms with Crippen LogP contribution in [0.5, 0.6) is 5.75 Å². The zero-order valence-electron chi connectivity index (χ0n) is 19.6. The van der Waals surface area contributed by atoms with Gasteiger partial charge >= 0.3 is 12.1 Å². The van der Waals surface area contributed by atoms with E-state index < -0.39 is 47.7 Å². The van der Waals surface area contributed by atoms with E-state index >= 15 is 0 Å². The number of amides is 1. The first-order valence-corrected chi connectivity index (χ1v) is 11.3. The Morgan fingerprint density at radius 3 is 2.29 bits per heavy atom. The molecule has 0 aliphatic heterocycles. The van der Waals surface area contributed by atoms with Gasteiger partial charge in [0.15, 0.2) is 0 Å². The summed E-state index contributed by atoms with van der Waals surface area (Å²) in [6.07, 6.45) is -4.93. The van der Waals surface area contributed by atoms with Crippen LogP contribution in [0.4, 0.5) is 22.0 Å². The Bertz CT molecular complexity index is 1490. The van der Waals surface area contributed by atoms with Crippen LogP contribution in [0.25, 0.3) is 10.8 Å². The number of fused-ring (bicyclic) bond motifs is 1. The molecule has 0 saturated carbocycles. The Labute approximate surface area is 213 Å². The molecule has 196 valence electrons. The van der Waals surface area contributed by atoms with E-state index in [1.54, 1.807) is 30.3 Å². The molecule has 0 spiro atoms. The molecule has 0 unspecified atom stereocenters. The molecule has 38 heavy (non-hydrogen) atoms. The molecule has 4 rings (SSSR count). The first-order valence-electron chi connectivity index (χ1n) is 11.3. The van der Waals surface area contributed by atoms with Crippen LogP contribution in [0.3, 0.4) is 0 Å². The lowest BCUT2D eigenvalue weighted by atomic mass is 10.0. The van der Waals surface area contributed by atoms with Crippen LogP contribution in [-0.2, 0) is 24.0 Å². The molecule has 2 N–H and O–H groups in total. The van der Waals surface area contributed by atoms with Gasteiger partial charge in [-0.2, -0.15) is 13.2 Å². The largest absolute Gasteiger partial charge is 0.487 e. The third-order valence-electron chi connectivity index (χ3n) is 5.83. The van der Waals surface area contributed by atoms with Crippen molar-refractivity contribution in [2.75, 3.05) is 0 Å². The number of hydrogen-bond donors (Lipinski definition) is 2. The molecule has 4 aromatic rings. The van der Waals surface area contributed by atoms with Gasteiger partial charge in [-0.25, -0.2) is 13.6 Å². The van der Waals surface area contributed by atoms with Gasteiger partial charge in [-0.1, -0.05) is 48.5 Å². The Balaban J connectivity index is 1.61. The lowest BCUT2D eigenvalue weighted by Gasteiger charge is -2.18. The first kappa shape index (κ1) is 26.6. The molecule has 0 aliphatic carbocycles. The summed E-state index contributed by atoms with van der Waals surface area (Å²) in [4.78, 5) is 25.0. The van der Waals surface area contributed by atoms with Gasteiger partial charge in [-0.05, 0) is 40.8 Å². The van der Waals surface area contributed by atoms with Crippen LogP contribution >= 0.6 is 0 Å². The Hall–Kier alpha value is -4.47. The summed E-state index contributed by atoms with van der Waals surface area (Å²) in [5.74, 6) is -3.94. The highest BCUT2D eigenvalue weighted by Crippen LogP contribution is 2.32. The predicted octanol–water partition coefficient (Wildman–Crippen LogP) is 6.14. The standard InChI is InChI=1S/C28H20F5NO4/c29-20-11-7-18(23(30)14-20)13-24(27(36)37)34-26(35)22-12-8-17-3-1-2-4-21(17)25(22)38-15-16-5-9-19(10-6-16)28(31,32)33/h1-12,14,24H,13,15H2,(H,34,35)(H,36,37)/t24-/m0/s1. The quantitative estimate of drug-likeness (QED) is 0.269. The highest BCUT2D eigenvalue weighted by Gasteiger charge is 2.30. The van der Waals surface area contributed by atoms with Gasteiger partial charge in [0.05, 0.1) is 11.1 Å². The number of carbonyl (C=O) groups excluding carboxylic acids is 1. The minimum atomic E-state index is -4.49. The molecule has 0 aromatic heterocycles. The van der Waals surface area contributed by atoms with E-state index in [1.165, 1.54) is 18.2 Å². The number of carbonyl (C=O) groups is 2. The molecule has 0 fully saturated rings. The van der Waals surface area contributed by atoms with E-state index in [-0.39, 0.29) is 23.5 Å². The van der Waals surface area contributed by atoms with Crippen LogP contribution in [-0.4, -0.2) is 23.0 Å². The fraction of sp³-hybridized carbons (Fsp3) is 0.143. The minimum absolute atomic E-state index is 0.0264. The number of nitrogens with one attached hydrogen (secondary N) is 1. The number of alkyl halides is 3. The van der Waals surface area contributed by atoms with Crippen molar-refractivity contribution in [2.45, 2.75) is 25.2 Å². The number of hydrogen-bond acceptors (Lipinski definition) is 3. The van der Waals surface area contributed by atoms with Crippen molar-refractivity contribution in [3.63, 3.8) is 0 Å². The average Bonchev–Trinajstić information content (AvgIpc) is 2.87. The van der Waals surface area contributed by atoms with Crippen molar-refractivity contribution in [3.8, 4) is 5.75 Å². The molecule has 5 nitrogen and oxygen atoms in total. The van der Waals surface area contributed by atoms with Crippen LogP contribution in [0, 0.1) is 11.6 Å². The van der Waals surface area contributed by atoms with Crippen LogP contribution in [0.15, 0.2) is 78.9 Å². The molecular formula is C28H20F5NO4. The number of ether oxygens (including phenoxy) is 1. The van der Waals surface area contributed by atoms with E-state index in [9.17, 15) is 36.6 Å². The molecule has 0 aliphatic rings. The lowest BCUT2D eigenvalue weighted by Crippen LogP contribution is -2.42. The summed E-state index contributed by atoms with van der Waals surface area (Å²) in [7, 11) is 0. The number of halogens is 5. The summed E-state index contributed by atoms with van der Waals surface area (Å²) < 4.78 is 71.8. The minimum Gasteiger partial charge on any atom is -0.487 e. The van der Waals surface area contributed by atoms with Crippen molar-refractivity contribution >= 4 is 22.6 Å². The monoisotopic (exact) mass is 529 g/mol. The topological polar surface area (TPSA) is 75.6 Å². The van der Waals surface area contributed by atoms with Crippen molar-refractivity contribution in [2.24, 2.45) is 0 Å². The number of carboxylic acids is 1. The summed E-state index contributed by atoms with van der Waals surface area (Å²) >= 11 is 0. The van der Waals surface area contributed by atoms with E-state index in [0.29, 0.717) is 22.4 Å². The molecule has 4 aromatic carbocycles. The third-order valence-corrected chi connectivity index (χ3v) is 5.83. The molecule has 0 heterocycles. The van der Waals surface area contributed by atoms with E-state index in [0.717, 1.165) is 24.3 Å². The van der Waals surface area contributed by atoms with Gasteiger partial charge in [0.25, 0.3) is 5.91 Å². The number of rotatable bonds is 8. The van der Waals surface area contributed by atoms with Crippen molar-refractivity contribution < 1.29 is 41.4 Å². The normalized spacial score (nSPS) is 12.2. The Kier molecular flexibility index (Phi) is 7.61. The number of aliphatic carboxylic acids is 1. The maximum absolute atomic E-state index is 14.1. The van der Waals surface area contributed by atoms with Gasteiger partial charge in [0, 0.05) is 17.9 Å². The second kappa shape index (κ2) is 10.9.